The molecule has 1 aromatic carbocycles. The third-order valence-electron chi connectivity index (χ3n) is 2.18. The summed E-state index contributed by atoms with van der Waals surface area (Å²) in [6.45, 7) is 4.81. The molecule has 0 radical (unpaired) electrons. The average Bonchev–Trinajstić information content (AvgIpc) is 2.31. The van der Waals surface area contributed by atoms with Gasteiger partial charge in [-0.2, -0.15) is 0 Å². The van der Waals surface area contributed by atoms with Crippen LogP contribution in [0.4, 0.5) is 0 Å². The highest BCUT2D eigenvalue weighted by Gasteiger charge is 1.97. The van der Waals surface area contributed by atoms with E-state index >= 15 is 0 Å². The van der Waals surface area contributed by atoms with Crippen LogP contribution in [0.2, 0.25) is 0 Å². The molecule has 0 spiro atoms. The quantitative estimate of drug-likeness (QED) is 0.395. The van der Waals surface area contributed by atoms with Crippen LogP contribution in [0.3, 0.4) is 0 Å². The second-order valence-corrected chi connectivity index (χ2v) is 3.64. The van der Waals surface area contributed by atoms with Crippen LogP contribution in [0.15, 0.2) is 36.6 Å². The third-order valence-corrected chi connectivity index (χ3v) is 2.18. The van der Waals surface area contributed by atoms with Crippen molar-refractivity contribution in [2.24, 2.45) is 0 Å². The third kappa shape index (κ3) is 5.56. The molecule has 0 aliphatic rings. The molecule has 0 aromatic heterocycles. The van der Waals surface area contributed by atoms with Crippen molar-refractivity contribution in [2.75, 3.05) is 6.61 Å². The lowest BCUT2D eigenvalue weighted by atomic mass is 10.2. The molecule has 1 rings (SSSR count). The van der Waals surface area contributed by atoms with Crippen molar-refractivity contribution in [1.82, 2.24) is 0 Å². The Hall–Kier alpha value is -1.28. The number of hydrogen-bond acceptors (Lipinski definition) is 2. The summed E-state index contributed by atoms with van der Waals surface area (Å²) < 4.78 is 10.8. The van der Waals surface area contributed by atoms with Crippen LogP contribution in [0, 0.1) is 0 Å². The van der Waals surface area contributed by atoms with Crippen molar-refractivity contribution in [3.63, 3.8) is 0 Å². The smallest absolute Gasteiger partial charge is 0.196 e. The number of benzene rings is 1. The van der Waals surface area contributed by atoms with E-state index in [1.165, 1.54) is 0 Å². The van der Waals surface area contributed by atoms with E-state index in [4.69, 9.17) is 9.47 Å². The first-order valence-electron chi connectivity index (χ1n) is 5.81. The maximum Gasteiger partial charge on any atom is 0.196 e. The summed E-state index contributed by atoms with van der Waals surface area (Å²) in [7, 11) is 0. The largest absolute Gasteiger partial charge is 0.473 e. The Bertz CT molecular complexity index is 293. The van der Waals surface area contributed by atoms with Crippen LogP contribution in [-0.4, -0.2) is 12.9 Å². The molecule has 0 fully saturated rings. The minimum atomic E-state index is -0.175. The highest BCUT2D eigenvalue weighted by atomic mass is 16.7. The number of unbranched alkanes of at least 4 members (excludes halogenated alkanes) is 1. The molecule has 0 aliphatic heterocycles. The Morgan fingerprint density at radius 2 is 2.00 bits per heavy atom. The molecule has 1 aromatic rings. The molecule has 0 amide bonds. The van der Waals surface area contributed by atoms with E-state index in [0.717, 1.165) is 25.0 Å². The van der Waals surface area contributed by atoms with E-state index in [-0.39, 0.29) is 6.29 Å². The Balaban J connectivity index is 2.21. The zero-order valence-corrected chi connectivity index (χ0v) is 10.1. The van der Waals surface area contributed by atoms with Crippen LogP contribution in [0.5, 0.6) is 0 Å². The standard InChI is InChI=1S/C14H20O2/c1-3-4-11-15-13(2)16-12-10-14-8-6-5-7-9-14/h5-10,12-13H,3-4,11H2,1-2H3. The van der Waals surface area contributed by atoms with E-state index in [2.05, 4.69) is 6.92 Å². The second kappa shape index (κ2) is 7.94. The summed E-state index contributed by atoms with van der Waals surface area (Å²) in [6, 6.07) is 10.1. The van der Waals surface area contributed by atoms with Crippen molar-refractivity contribution in [3.05, 3.63) is 42.2 Å². The van der Waals surface area contributed by atoms with Gasteiger partial charge in [-0.1, -0.05) is 43.7 Å². The van der Waals surface area contributed by atoms with E-state index in [0.29, 0.717) is 0 Å². The molecule has 0 aliphatic carbocycles. The van der Waals surface area contributed by atoms with E-state index in [9.17, 15) is 0 Å². The zero-order valence-electron chi connectivity index (χ0n) is 10.1. The molecule has 1 unspecified atom stereocenters. The molecule has 1 atom stereocenters. The van der Waals surface area contributed by atoms with Crippen LogP contribution in [0.1, 0.15) is 32.3 Å². The monoisotopic (exact) mass is 220 g/mol. The second-order valence-electron chi connectivity index (χ2n) is 3.64. The van der Waals surface area contributed by atoms with Crippen LogP contribution in [0.25, 0.3) is 6.08 Å². The maximum atomic E-state index is 5.45. The number of hydrogen-bond donors (Lipinski definition) is 0. The fourth-order valence-corrected chi connectivity index (χ4v) is 1.23. The molecule has 0 saturated carbocycles. The topological polar surface area (TPSA) is 18.5 Å². The Kier molecular flexibility index (Phi) is 6.35. The Labute approximate surface area is 97.9 Å². The van der Waals surface area contributed by atoms with Gasteiger partial charge in [0.1, 0.15) is 0 Å². The summed E-state index contributed by atoms with van der Waals surface area (Å²) in [5.41, 5.74) is 1.13. The molecule has 0 saturated heterocycles. The normalized spacial score (nSPS) is 12.9. The first kappa shape index (κ1) is 12.8. The summed E-state index contributed by atoms with van der Waals surface area (Å²) in [5.74, 6) is 0. The number of ether oxygens (including phenoxy) is 2. The minimum Gasteiger partial charge on any atom is -0.473 e. The summed E-state index contributed by atoms with van der Waals surface area (Å²) in [6.07, 6.45) is 5.67. The van der Waals surface area contributed by atoms with Gasteiger partial charge < -0.3 is 9.47 Å². The van der Waals surface area contributed by atoms with Gasteiger partial charge in [0, 0.05) is 0 Å². The van der Waals surface area contributed by atoms with Crippen LogP contribution in [-0.2, 0) is 9.47 Å². The first-order chi connectivity index (χ1) is 7.83. The zero-order chi connectivity index (χ0) is 11.6. The average molecular weight is 220 g/mol. The predicted molar refractivity (Wildman–Crippen MR) is 66.9 cm³/mol. The summed E-state index contributed by atoms with van der Waals surface area (Å²) in [4.78, 5) is 0. The fraction of sp³-hybridized carbons (Fsp3) is 0.429. The van der Waals surface area contributed by atoms with Gasteiger partial charge in [0.25, 0.3) is 0 Å². The van der Waals surface area contributed by atoms with E-state index < -0.39 is 0 Å². The Morgan fingerprint density at radius 1 is 1.25 bits per heavy atom. The number of rotatable bonds is 7. The van der Waals surface area contributed by atoms with Gasteiger partial charge in [-0.3, -0.25) is 0 Å². The van der Waals surface area contributed by atoms with E-state index in [1.807, 2.05) is 43.3 Å². The highest BCUT2D eigenvalue weighted by Crippen LogP contribution is 2.03. The molecule has 2 heteroatoms. The van der Waals surface area contributed by atoms with Gasteiger partial charge in [-0.15, -0.1) is 0 Å². The van der Waals surface area contributed by atoms with Gasteiger partial charge in [0.15, 0.2) is 6.29 Å². The molecule has 16 heavy (non-hydrogen) atoms. The fourth-order valence-electron chi connectivity index (χ4n) is 1.23. The van der Waals surface area contributed by atoms with Gasteiger partial charge >= 0.3 is 0 Å². The molecule has 0 heterocycles. The molecular weight excluding hydrogens is 200 g/mol. The lowest BCUT2D eigenvalue weighted by Gasteiger charge is -2.11. The molecule has 0 N–H and O–H groups in total. The molecule has 2 nitrogen and oxygen atoms in total. The van der Waals surface area contributed by atoms with Crippen molar-refractivity contribution < 1.29 is 9.47 Å². The molecular formula is C14H20O2. The lowest BCUT2D eigenvalue weighted by Crippen LogP contribution is -2.10. The van der Waals surface area contributed by atoms with Crippen molar-refractivity contribution >= 4 is 6.08 Å². The first-order valence-corrected chi connectivity index (χ1v) is 5.81. The Morgan fingerprint density at radius 3 is 2.69 bits per heavy atom. The van der Waals surface area contributed by atoms with Gasteiger partial charge in [0.2, 0.25) is 0 Å². The van der Waals surface area contributed by atoms with Crippen molar-refractivity contribution in [2.45, 2.75) is 33.0 Å². The lowest BCUT2D eigenvalue weighted by molar-refractivity contribution is -0.0926. The van der Waals surface area contributed by atoms with Crippen molar-refractivity contribution in [1.29, 1.82) is 0 Å². The maximum absolute atomic E-state index is 5.45. The molecule has 88 valence electrons. The highest BCUT2D eigenvalue weighted by molar-refractivity contribution is 5.47. The summed E-state index contributed by atoms with van der Waals surface area (Å²) >= 11 is 0. The van der Waals surface area contributed by atoms with Crippen LogP contribution < -0.4 is 0 Å². The van der Waals surface area contributed by atoms with Gasteiger partial charge in [-0.25, -0.2) is 0 Å². The van der Waals surface area contributed by atoms with Crippen molar-refractivity contribution in [3.8, 4) is 0 Å². The van der Waals surface area contributed by atoms with Gasteiger partial charge in [0.05, 0.1) is 12.9 Å². The van der Waals surface area contributed by atoms with E-state index in [1.54, 1.807) is 6.26 Å². The minimum absolute atomic E-state index is 0.175. The molecule has 0 bridgehead atoms. The van der Waals surface area contributed by atoms with Gasteiger partial charge in [-0.05, 0) is 25.0 Å². The van der Waals surface area contributed by atoms with Crippen LogP contribution >= 0.6 is 0 Å². The predicted octanol–water partition coefficient (Wildman–Crippen LogP) is 3.84. The SMILES string of the molecule is CCCCOC(C)OC=Cc1ccccc1. The summed E-state index contributed by atoms with van der Waals surface area (Å²) in [5, 5.41) is 0.